The van der Waals surface area contributed by atoms with Gasteiger partial charge in [0.15, 0.2) is 0 Å². The molecule has 1 fully saturated rings. The van der Waals surface area contributed by atoms with Crippen LogP contribution in [-0.4, -0.2) is 47.6 Å². The number of hydrogen-bond donors (Lipinski definition) is 1. The number of phenolic OH excluding ortho intramolecular Hbond substituents is 1. The molecule has 100 valence electrons. The largest absolute Gasteiger partial charge is 0.508 e. The minimum atomic E-state index is 0.342. The summed E-state index contributed by atoms with van der Waals surface area (Å²) in [4.78, 5) is 4.96. The number of likely N-dealkylation sites (tertiary alicyclic amines) is 1. The van der Waals surface area contributed by atoms with Gasteiger partial charge in [-0.2, -0.15) is 0 Å². The van der Waals surface area contributed by atoms with Crippen LogP contribution in [0.25, 0.3) is 0 Å². The lowest BCUT2D eigenvalue weighted by Gasteiger charge is -2.27. The van der Waals surface area contributed by atoms with Gasteiger partial charge < -0.3 is 10.0 Å². The quantitative estimate of drug-likeness (QED) is 0.866. The van der Waals surface area contributed by atoms with E-state index in [9.17, 15) is 5.11 Å². The average Bonchev–Trinajstić information content (AvgIpc) is 2.79. The topological polar surface area (TPSA) is 26.7 Å². The minimum absolute atomic E-state index is 0.342. The second kappa shape index (κ2) is 6.21. The van der Waals surface area contributed by atoms with E-state index >= 15 is 0 Å². The predicted octanol–water partition coefficient (Wildman–Crippen LogP) is 2.31. The monoisotopic (exact) mass is 248 g/mol. The summed E-state index contributed by atoms with van der Waals surface area (Å²) >= 11 is 0. The van der Waals surface area contributed by atoms with Crippen molar-refractivity contribution in [2.24, 2.45) is 0 Å². The number of phenols is 1. The Balaban J connectivity index is 1.84. The first-order valence-electron chi connectivity index (χ1n) is 6.89. The molecule has 18 heavy (non-hydrogen) atoms. The lowest BCUT2D eigenvalue weighted by Crippen LogP contribution is -2.38. The van der Waals surface area contributed by atoms with Gasteiger partial charge in [-0.25, -0.2) is 0 Å². The van der Waals surface area contributed by atoms with Crippen LogP contribution in [0.4, 0.5) is 0 Å². The number of likely N-dealkylation sites (N-methyl/N-ethyl adjacent to an activating group) is 2. The summed E-state index contributed by atoms with van der Waals surface area (Å²) in [5.41, 5.74) is 1.26. The molecule has 1 unspecified atom stereocenters. The molecule has 1 aromatic rings. The summed E-state index contributed by atoms with van der Waals surface area (Å²) in [6.45, 7) is 6.76. The molecule has 0 bridgehead atoms. The van der Waals surface area contributed by atoms with Gasteiger partial charge in [-0.15, -0.1) is 0 Å². The van der Waals surface area contributed by atoms with Gasteiger partial charge in [0.25, 0.3) is 0 Å². The highest BCUT2D eigenvalue weighted by molar-refractivity contribution is 5.25. The van der Waals surface area contributed by atoms with Crippen molar-refractivity contribution in [3.8, 4) is 5.75 Å². The molecule has 1 atom stereocenters. The number of benzene rings is 1. The van der Waals surface area contributed by atoms with E-state index in [1.807, 2.05) is 12.1 Å². The molecule has 1 N–H and O–H groups in total. The second-order valence-corrected chi connectivity index (χ2v) is 5.29. The van der Waals surface area contributed by atoms with E-state index in [4.69, 9.17) is 0 Å². The van der Waals surface area contributed by atoms with E-state index in [1.54, 1.807) is 12.1 Å². The van der Waals surface area contributed by atoms with Crippen LogP contribution in [0.5, 0.6) is 5.75 Å². The molecule has 2 rings (SSSR count). The van der Waals surface area contributed by atoms with E-state index in [0.29, 0.717) is 5.75 Å². The summed E-state index contributed by atoms with van der Waals surface area (Å²) in [5.74, 6) is 0.342. The molecule has 3 nitrogen and oxygen atoms in total. The fourth-order valence-electron chi connectivity index (χ4n) is 2.86. The second-order valence-electron chi connectivity index (χ2n) is 5.29. The van der Waals surface area contributed by atoms with Crippen LogP contribution < -0.4 is 0 Å². The molecule has 0 saturated carbocycles. The van der Waals surface area contributed by atoms with Crippen molar-refractivity contribution >= 4 is 0 Å². The summed E-state index contributed by atoms with van der Waals surface area (Å²) in [5, 5.41) is 9.27. The van der Waals surface area contributed by atoms with Crippen molar-refractivity contribution in [1.29, 1.82) is 0 Å². The molecule has 0 spiro atoms. The standard InChI is InChI=1S/C15H24N2O/c1-3-17-10-4-5-14(17)12-16(2)11-13-6-8-15(18)9-7-13/h6-9,14,18H,3-5,10-12H2,1-2H3. The number of nitrogens with zero attached hydrogens (tertiary/aromatic N) is 2. The fourth-order valence-corrected chi connectivity index (χ4v) is 2.86. The van der Waals surface area contributed by atoms with Crippen molar-refractivity contribution in [2.75, 3.05) is 26.7 Å². The van der Waals surface area contributed by atoms with Gasteiger partial charge in [-0.3, -0.25) is 4.90 Å². The van der Waals surface area contributed by atoms with Crippen molar-refractivity contribution < 1.29 is 5.11 Å². The van der Waals surface area contributed by atoms with Crippen LogP contribution in [0.2, 0.25) is 0 Å². The Bertz CT molecular complexity index is 363. The van der Waals surface area contributed by atoms with Gasteiger partial charge >= 0.3 is 0 Å². The lowest BCUT2D eigenvalue weighted by molar-refractivity contribution is 0.195. The van der Waals surface area contributed by atoms with Gasteiger partial charge in [0.05, 0.1) is 0 Å². The van der Waals surface area contributed by atoms with Gasteiger partial charge in [0, 0.05) is 19.1 Å². The Morgan fingerprint density at radius 3 is 2.72 bits per heavy atom. The molecule has 1 heterocycles. The van der Waals surface area contributed by atoms with Gasteiger partial charge in [0.1, 0.15) is 5.75 Å². The Hall–Kier alpha value is -1.06. The Kier molecular flexibility index (Phi) is 4.61. The van der Waals surface area contributed by atoms with Gasteiger partial charge in [-0.05, 0) is 50.7 Å². The number of hydrogen-bond acceptors (Lipinski definition) is 3. The third-order valence-electron chi connectivity index (χ3n) is 3.82. The summed E-state index contributed by atoms with van der Waals surface area (Å²) in [7, 11) is 2.18. The molecule has 3 heteroatoms. The first-order valence-corrected chi connectivity index (χ1v) is 6.89. The van der Waals surface area contributed by atoms with Gasteiger partial charge in [-0.1, -0.05) is 19.1 Å². The van der Waals surface area contributed by atoms with Gasteiger partial charge in [0.2, 0.25) is 0 Å². The highest BCUT2D eigenvalue weighted by Gasteiger charge is 2.23. The molecular weight excluding hydrogens is 224 g/mol. The fraction of sp³-hybridized carbons (Fsp3) is 0.600. The van der Waals surface area contributed by atoms with Crippen LogP contribution in [0.3, 0.4) is 0 Å². The Labute approximate surface area is 110 Å². The third-order valence-corrected chi connectivity index (χ3v) is 3.82. The Morgan fingerprint density at radius 2 is 2.06 bits per heavy atom. The maximum absolute atomic E-state index is 9.27. The van der Waals surface area contributed by atoms with E-state index in [1.165, 1.54) is 24.9 Å². The molecule has 1 saturated heterocycles. The SMILES string of the molecule is CCN1CCCC1CN(C)Cc1ccc(O)cc1. The molecule has 0 amide bonds. The maximum atomic E-state index is 9.27. The molecule has 1 aromatic carbocycles. The lowest BCUT2D eigenvalue weighted by atomic mass is 10.1. The van der Waals surface area contributed by atoms with Crippen molar-refractivity contribution in [3.63, 3.8) is 0 Å². The summed E-state index contributed by atoms with van der Waals surface area (Å²) in [6.07, 6.45) is 2.67. The van der Waals surface area contributed by atoms with E-state index in [-0.39, 0.29) is 0 Å². The highest BCUT2D eigenvalue weighted by atomic mass is 16.3. The molecule has 0 aliphatic carbocycles. The van der Waals surface area contributed by atoms with Crippen LogP contribution in [0, 0.1) is 0 Å². The van der Waals surface area contributed by atoms with Crippen LogP contribution in [0.1, 0.15) is 25.3 Å². The van der Waals surface area contributed by atoms with Crippen molar-refractivity contribution in [2.45, 2.75) is 32.4 Å². The first kappa shape index (κ1) is 13.4. The van der Waals surface area contributed by atoms with E-state index in [2.05, 4.69) is 23.8 Å². The highest BCUT2D eigenvalue weighted by Crippen LogP contribution is 2.18. The van der Waals surface area contributed by atoms with E-state index < -0.39 is 0 Å². The zero-order valence-electron chi connectivity index (χ0n) is 11.5. The zero-order valence-corrected chi connectivity index (χ0v) is 11.5. The molecule has 0 radical (unpaired) electrons. The average molecular weight is 248 g/mol. The maximum Gasteiger partial charge on any atom is 0.115 e. The molecule has 1 aliphatic heterocycles. The molecular formula is C15H24N2O. The zero-order chi connectivity index (χ0) is 13.0. The van der Waals surface area contributed by atoms with E-state index in [0.717, 1.165) is 25.7 Å². The van der Waals surface area contributed by atoms with Crippen molar-refractivity contribution in [3.05, 3.63) is 29.8 Å². The normalized spacial score (nSPS) is 20.7. The van der Waals surface area contributed by atoms with Crippen LogP contribution >= 0.6 is 0 Å². The van der Waals surface area contributed by atoms with Crippen molar-refractivity contribution in [1.82, 2.24) is 9.80 Å². The smallest absolute Gasteiger partial charge is 0.115 e. The molecule has 0 aromatic heterocycles. The minimum Gasteiger partial charge on any atom is -0.508 e. The summed E-state index contributed by atoms with van der Waals surface area (Å²) < 4.78 is 0. The number of aromatic hydroxyl groups is 1. The first-order chi connectivity index (χ1) is 8.69. The third kappa shape index (κ3) is 3.47. The van der Waals surface area contributed by atoms with Crippen LogP contribution in [-0.2, 0) is 6.54 Å². The number of rotatable bonds is 5. The predicted molar refractivity (Wildman–Crippen MR) is 74.7 cm³/mol. The molecule has 1 aliphatic rings. The van der Waals surface area contributed by atoms with Crippen LogP contribution in [0.15, 0.2) is 24.3 Å². The summed E-state index contributed by atoms with van der Waals surface area (Å²) in [6, 6.07) is 8.24. The Morgan fingerprint density at radius 1 is 1.33 bits per heavy atom.